The van der Waals surface area contributed by atoms with Gasteiger partial charge in [0.2, 0.25) is 0 Å². The summed E-state index contributed by atoms with van der Waals surface area (Å²) in [5.41, 5.74) is 2.15. The average molecular weight is 428 g/mol. The van der Waals surface area contributed by atoms with Crippen molar-refractivity contribution in [3.8, 4) is 17.3 Å². The Morgan fingerprint density at radius 2 is 1.81 bits per heavy atom. The Hall–Kier alpha value is -4.40. The highest BCUT2D eigenvalue weighted by atomic mass is 16.5. The lowest BCUT2D eigenvalue weighted by atomic mass is 9.99. The molecule has 1 aromatic carbocycles. The molecule has 9 heteroatoms. The van der Waals surface area contributed by atoms with Crippen LogP contribution in [0.4, 0.5) is 0 Å². The zero-order valence-corrected chi connectivity index (χ0v) is 17.4. The van der Waals surface area contributed by atoms with Crippen LogP contribution in [0.1, 0.15) is 33.2 Å². The maximum Gasteiger partial charge on any atom is 0.264 e. The van der Waals surface area contributed by atoms with E-state index in [-0.39, 0.29) is 11.4 Å². The first-order valence-electron chi connectivity index (χ1n) is 9.80. The molecule has 1 atom stereocenters. The van der Waals surface area contributed by atoms with Gasteiger partial charge in [0.05, 0.1) is 13.2 Å². The Balaban J connectivity index is 1.65. The lowest BCUT2D eigenvalue weighted by Gasteiger charge is -2.20. The molecule has 4 rings (SSSR count). The topological polar surface area (TPSA) is 123 Å². The van der Waals surface area contributed by atoms with Gasteiger partial charge in [-0.25, -0.2) is 4.98 Å². The molecule has 9 nitrogen and oxygen atoms in total. The van der Waals surface area contributed by atoms with Gasteiger partial charge in [-0.1, -0.05) is 18.2 Å². The number of methoxy groups -OCH3 is 1. The molecular weight excluding hydrogens is 408 g/mol. The molecule has 1 amide bonds. The van der Waals surface area contributed by atoms with Gasteiger partial charge < -0.3 is 15.0 Å². The van der Waals surface area contributed by atoms with Crippen molar-refractivity contribution in [3.63, 3.8) is 0 Å². The number of hydrogen-bond donors (Lipinski definition) is 2. The highest BCUT2D eigenvalue weighted by Crippen LogP contribution is 2.24. The van der Waals surface area contributed by atoms with Crippen molar-refractivity contribution in [2.24, 2.45) is 0 Å². The van der Waals surface area contributed by atoms with E-state index in [9.17, 15) is 9.59 Å². The van der Waals surface area contributed by atoms with Crippen molar-refractivity contribution in [2.75, 3.05) is 7.11 Å². The number of aromatic nitrogens is 5. The Bertz CT molecular complexity index is 1270. The van der Waals surface area contributed by atoms with Crippen LogP contribution in [0.2, 0.25) is 0 Å². The Labute approximate surface area is 183 Å². The van der Waals surface area contributed by atoms with Gasteiger partial charge in [0, 0.05) is 24.3 Å². The van der Waals surface area contributed by atoms with E-state index in [2.05, 4.69) is 30.5 Å². The van der Waals surface area contributed by atoms with Crippen molar-refractivity contribution >= 4 is 5.91 Å². The molecule has 3 heterocycles. The molecule has 0 aliphatic heterocycles. The van der Waals surface area contributed by atoms with Gasteiger partial charge in [0.1, 0.15) is 17.0 Å². The molecule has 4 aromatic rings. The number of aryl methyl sites for hydroxylation is 1. The summed E-state index contributed by atoms with van der Waals surface area (Å²) in [6.07, 6.45) is 4.45. The van der Waals surface area contributed by atoms with Crippen LogP contribution in [0.3, 0.4) is 0 Å². The molecule has 2 N–H and O–H groups in total. The first kappa shape index (κ1) is 20.9. The molecule has 0 bridgehead atoms. The van der Waals surface area contributed by atoms with Crippen molar-refractivity contribution < 1.29 is 9.53 Å². The normalized spacial score (nSPS) is 11.6. The fourth-order valence-electron chi connectivity index (χ4n) is 3.13. The summed E-state index contributed by atoms with van der Waals surface area (Å²) < 4.78 is 5.22. The number of amides is 1. The monoisotopic (exact) mass is 428 g/mol. The summed E-state index contributed by atoms with van der Waals surface area (Å²) in [5, 5.41) is 10.6. The van der Waals surface area contributed by atoms with E-state index in [1.165, 1.54) is 12.4 Å². The largest absolute Gasteiger partial charge is 0.497 e. The number of aromatic amines is 1. The minimum atomic E-state index is -0.575. The first-order valence-corrected chi connectivity index (χ1v) is 9.80. The summed E-state index contributed by atoms with van der Waals surface area (Å²) in [4.78, 5) is 36.7. The first-order chi connectivity index (χ1) is 15.5. The van der Waals surface area contributed by atoms with E-state index in [1.807, 2.05) is 31.2 Å². The van der Waals surface area contributed by atoms with Crippen LogP contribution in [0, 0.1) is 6.92 Å². The fraction of sp³-hybridized carbons (Fsp3) is 0.130. The molecule has 0 aliphatic rings. The number of hydrogen-bond acceptors (Lipinski definition) is 7. The van der Waals surface area contributed by atoms with Gasteiger partial charge in [-0.05, 0) is 48.4 Å². The molecule has 0 aliphatic carbocycles. The van der Waals surface area contributed by atoms with Gasteiger partial charge in [-0.3, -0.25) is 14.6 Å². The minimum Gasteiger partial charge on any atom is -0.497 e. The van der Waals surface area contributed by atoms with Gasteiger partial charge in [-0.15, -0.1) is 5.10 Å². The summed E-state index contributed by atoms with van der Waals surface area (Å²) in [5.74, 6) is 0.362. The molecule has 0 fully saturated rings. The molecule has 160 valence electrons. The van der Waals surface area contributed by atoms with Crippen molar-refractivity contribution in [3.05, 3.63) is 99.9 Å². The van der Waals surface area contributed by atoms with Crippen LogP contribution in [0.25, 0.3) is 11.5 Å². The molecule has 0 spiro atoms. The minimum absolute atomic E-state index is 0.115. The zero-order chi connectivity index (χ0) is 22.5. The molecule has 0 saturated heterocycles. The number of benzene rings is 1. The smallest absolute Gasteiger partial charge is 0.264 e. The predicted molar refractivity (Wildman–Crippen MR) is 117 cm³/mol. The average Bonchev–Trinajstić information content (AvgIpc) is 2.83. The quantitative estimate of drug-likeness (QED) is 0.484. The van der Waals surface area contributed by atoms with Crippen LogP contribution in [0.5, 0.6) is 5.75 Å². The third kappa shape index (κ3) is 4.51. The second-order valence-corrected chi connectivity index (χ2v) is 7.00. The van der Waals surface area contributed by atoms with Crippen LogP contribution in [-0.2, 0) is 0 Å². The summed E-state index contributed by atoms with van der Waals surface area (Å²) in [6, 6.07) is 13.9. The van der Waals surface area contributed by atoms with Gasteiger partial charge >= 0.3 is 0 Å². The lowest BCUT2D eigenvalue weighted by molar-refractivity contribution is 0.0941. The Morgan fingerprint density at radius 1 is 1.03 bits per heavy atom. The zero-order valence-electron chi connectivity index (χ0n) is 17.4. The summed E-state index contributed by atoms with van der Waals surface area (Å²) >= 11 is 0. The molecule has 3 aromatic heterocycles. The van der Waals surface area contributed by atoms with Crippen LogP contribution < -0.4 is 15.6 Å². The van der Waals surface area contributed by atoms with Gasteiger partial charge in [0.15, 0.2) is 5.82 Å². The van der Waals surface area contributed by atoms with E-state index in [0.717, 1.165) is 16.8 Å². The summed E-state index contributed by atoms with van der Waals surface area (Å²) in [7, 11) is 1.59. The second-order valence-electron chi connectivity index (χ2n) is 7.00. The third-order valence-electron chi connectivity index (χ3n) is 4.85. The van der Waals surface area contributed by atoms with Crippen LogP contribution in [0.15, 0.2) is 71.9 Å². The summed E-state index contributed by atoms with van der Waals surface area (Å²) in [6.45, 7) is 1.88. The fourth-order valence-corrected chi connectivity index (χ4v) is 3.13. The highest BCUT2D eigenvalue weighted by Gasteiger charge is 2.21. The van der Waals surface area contributed by atoms with Gasteiger partial charge in [0.25, 0.3) is 11.5 Å². The van der Waals surface area contributed by atoms with Crippen molar-refractivity contribution in [1.29, 1.82) is 0 Å². The van der Waals surface area contributed by atoms with Crippen LogP contribution in [-0.4, -0.2) is 38.2 Å². The highest BCUT2D eigenvalue weighted by molar-refractivity contribution is 5.94. The van der Waals surface area contributed by atoms with E-state index >= 15 is 0 Å². The standard InChI is InChI=1S/C23H20N6O3/c1-14-5-6-16(12-24-14)20(15-7-9-17(32-2)10-8-15)27-22(30)18-13-25-21(28-23(18)31)19-4-3-11-26-29-19/h3-13,20H,1-2H3,(H,27,30)(H,25,28,31)/t20-/m0/s1. The molecule has 0 unspecified atom stereocenters. The Kier molecular flexibility index (Phi) is 5.98. The maximum atomic E-state index is 13.0. The molecule has 0 radical (unpaired) electrons. The van der Waals surface area contributed by atoms with Crippen molar-refractivity contribution in [1.82, 2.24) is 30.5 Å². The number of carbonyl (C=O) groups excluding carboxylic acids is 1. The molecule has 32 heavy (non-hydrogen) atoms. The molecular formula is C23H20N6O3. The number of nitrogens with one attached hydrogen (secondary N) is 2. The van der Waals surface area contributed by atoms with E-state index in [1.54, 1.807) is 37.6 Å². The van der Waals surface area contributed by atoms with E-state index < -0.39 is 17.5 Å². The third-order valence-corrected chi connectivity index (χ3v) is 4.85. The van der Waals surface area contributed by atoms with Crippen molar-refractivity contribution in [2.45, 2.75) is 13.0 Å². The second kappa shape index (κ2) is 9.17. The number of ether oxygens (including phenoxy) is 1. The lowest BCUT2D eigenvalue weighted by Crippen LogP contribution is -2.33. The van der Waals surface area contributed by atoms with E-state index in [0.29, 0.717) is 11.4 Å². The number of H-pyrrole nitrogens is 1. The number of carbonyl (C=O) groups is 1. The number of rotatable bonds is 6. The SMILES string of the molecule is COc1ccc([C@H](NC(=O)c2cnc(-c3cccnn3)[nH]c2=O)c2ccc(C)nc2)cc1. The Morgan fingerprint density at radius 3 is 2.44 bits per heavy atom. The van der Waals surface area contributed by atoms with Crippen LogP contribution >= 0.6 is 0 Å². The predicted octanol–water partition coefficient (Wildman–Crippen LogP) is 2.46. The van der Waals surface area contributed by atoms with Gasteiger partial charge in [-0.2, -0.15) is 5.10 Å². The maximum absolute atomic E-state index is 13.0. The number of nitrogens with zero attached hydrogens (tertiary/aromatic N) is 4. The number of pyridine rings is 1. The molecule has 0 saturated carbocycles. The van der Waals surface area contributed by atoms with E-state index in [4.69, 9.17) is 4.74 Å².